The lowest BCUT2D eigenvalue weighted by molar-refractivity contribution is -0.274. The Hall–Kier alpha value is -3.22. The predicted molar refractivity (Wildman–Crippen MR) is 103 cm³/mol. The van der Waals surface area contributed by atoms with Gasteiger partial charge in [-0.1, -0.05) is 31.2 Å². The van der Waals surface area contributed by atoms with Crippen LogP contribution < -0.4 is 10.4 Å². The van der Waals surface area contributed by atoms with Crippen molar-refractivity contribution in [1.29, 1.82) is 0 Å². The molecule has 0 aliphatic rings. The summed E-state index contributed by atoms with van der Waals surface area (Å²) in [5, 5.41) is 10.3. The van der Waals surface area contributed by atoms with Gasteiger partial charge in [0.05, 0.1) is 0 Å². The summed E-state index contributed by atoms with van der Waals surface area (Å²) in [4.78, 5) is 12.4. The highest BCUT2D eigenvalue weighted by molar-refractivity contribution is 5.79. The topological polar surface area (TPSA) is 59.7 Å². The summed E-state index contributed by atoms with van der Waals surface area (Å²) in [5.74, 6) is -0.143. The van der Waals surface area contributed by atoms with E-state index in [1.165, 1.54) is 30.3 Å². The number of hydrogen-bond acceptors (Lipinski definition) is 4. The van der Waals surface area contributed by atoms with Crippen molar-refractivity contribution < 1.29 is 27.4 Å². The SMILES string of the molecule is CCc1cc(-c2ccc(OC(F)(F)F)cc2)cc(C)c1-c1c(O)cc(C)oc1=O. The van der Waals surface area contributed by atoms with Crippen LogP contribution in [0.5, 0.6) is 11.5 Å². The molecule has 0 saturated heterocycles. The van der Waals surface area contributed by atoms with Crippen molar-refractivity contribution in [3.63, 3.8) is 0 Å². The molecular formula is C22H19F3O4. The Labute approximate surface area is 165 Å². The second-order valence-corrected chi connectivity index (χ2v) is 6.66. The smallest absolute Gasteiger partial charge is 0.507 e. The van der Waals surface area contributed by atoms with E-state index in [1.807, 2.05) is 19.1 Å². The summed E-state index contributed by atoms with van der Waals surface area (Å²) in [6.45, 7) is 5.29. The molecule has 0 atom stereocenters. The van der Waals surface area contributed by atoms with E-state index in [4.69, 9.17) is 4.42 Å². The Bertz CT molecular complexity index is 1100. The summed E-state index contributed by atoms with van der Waals surface area (Å²) in [5.41, 5.74) is 3.09. The highest BCUT2D eigenvalue weighted by Gasteiger charge is 2.31. The minimum atomic E-state index is -4.74. The number of alkyl halides is 3. The number of halogens is 3. The predicted octanol–water partition coefficient (Wildman–Crippen LogP) is 5.76. The minimum Gasteiger partial charge on any atom is -0.507 e. The lowest BCUT2D eigenvalue weighted by Gasteiger charge is -2.15. The summed E-state index contributed by atoms with van der Waals surface area (Å²) in [6, 6.07) is 10.6. The van der Waals surface area contributed by atoms with Gasteiger partial charge in [-0.15, -0.1) is 13.2 Å². The minimum absolute atomic E-state index is 0.102. The van der Waals surface area contributed by atoms with E-state index >= 15 is 0 Å². The molecule has 0 fully saturated rings. The number of ether oxygens (including phenoxy) is 1. The molecule has 1 heterocycles. The number of aromatic hydroxyl groups is 1. The van der Waals surface area contributed by atoms with Crippen LogP contribution in [-0.4, -0.2) is 11.5 Å². The summed E-state index contributed by atoms with van der Waals surface area (Å²) < 4.78 is 46.1. The fourth-order valence-corrected chi connectivity index (χ4v) is 3.34. The van der Waals surface area contributed by atoms with Crippen LogP contribution in [0.25, 0.3) is 22.3 Å². The number of hydrogen-bond donors (Lipinski definition) is 1. The fraction of sp³-hybridized carbons (Fsp3) is 0.227. The molecule has 0 unspecified atom stereocenters. The van der Waals surface area contributed by atoms with Gasteiger partial charge in [0, 0.05) is 6.07 Å². The monoisotopic (exact) mass is 404 g/mol. The van der Waals surface area contributed by atoms with E-state index in [9.17, 15) is 23.1 Å². The van der Waals surface area contributed by atoms with Crippen LogP contribution in [-0.2, 0) is 6.42 Å². The van der Waals surface area contributed by atoms with Crippen LogP contribution in [0.4, 0.5) is 13.2 Å². The van der Waals surface area contributed by atoms with E-state index in [0.29, 0.717) is 23.3 Å². The molecule has 29 heavy (non-hydrogen) atoms. The van der Waals surface area contributed by atoms with E-state index in [0.717, 1.165) is 16.7 Å². The van der Waals surface area contributed by atoms with Crippen molar-refractivity contribution in [1.82, 2.24) is 0 Å². The van der Waals surface area contributed by atoms with E-state index in [1.54, 1.807) is 13.8 Å². The third kappa shape index (κ3) is 4.45. The average molecular weight is 404 g/mol. The molecule has 0 radical (unpaired) electrons. The summed E-state index contributed by atoms with van der Waals surface area (Å²) in [7, 11) is 0. The zero-order chi connectivity index (χ0) is 21.3. The Morgan fingerprint density at radius 3 is 2.21 bits per heavy atom. The molecule has 0 bridgehead atoms. The Morgan fingerprint density at radius 2 is 1.66 bits per heavy atom. The van der Waals surface area contributed by atoms with Crippen molar-refractivity contribution in [2.75, 3.05) is 0 Å². The Balaban J connectivity index is 2.07. The van der Waals surface area contributed by atoms with Gasteiger partial charge in [0.25, 0.3) is 0 Å². The quantitative estimate of drug-likeness (QED) is 0.601. The van der Waals surface area contributed by atoms with Crippen LogP contribution in [0.3, 0.4) is 0 Å². The fourth-order valence-electron chi connectivity index (χ4n) is 3.34. The van der Waals surface area contributed by atoms with Gasteiger partial charge in [-0.05, 0) is 60.2 Å². The van der Waals surface area contributed by atoms with Crippen LogP contribution in [0.15, 0.2) is 51.7 Å². The first-order chi connectivity index (χ1) is 13.6. The van der Waals surface area contributed by atoms with Gasteiger partial charge in [-0.25, -0.2) is 4.79 Å². The van der Waals surface area contributed by atoms with Gasteiger partial charge in [-0.2, -0.15) is 0 Å². The van der Waals surface area contributed by atoms with Gasteiger partial charge >= 0.3 is 12.0 Å². The Morgan fingerprint density at radius 1 is 1.00 bits per heavy atom. The molecule has 7 heteroatoms. The van der Waals surface area contributed by atoms with Crippen molar-refractivity contribution >= 4 is 0 Å². The van der Waals surface area contributed by atoms with Crippen LogP contribution >= 0.6 is 0 Å². The first-order valence-electron chi connectivity index (χ1n) is 8.93. The lowest BCUT2D eigenvalue weighted by atomic mass is 9.90. The standard InChI is InChI=1S/C22H19F3O4/c1-4-14-11-16(15-5-7-17(8-6-15)29-22(23,24)25)9-12(2)19(14)20-18(26)10-13(3)28-21(20)27/h5-11,26H,4H2,1-3H3. The molecule has 2 aromatic carbocycles. The molecule has 0 amide bonds. The normalized spacial score (nSPS) is 11.5. The molecule has 0 aliphatic heterocycles. The summed E-state index contributed by atoms with van der Waals surface area (Å²) in [6.07, 6.45) is -4.17. The second kappa shape index (κ2) is 7.66. The van der Waals surface area contributed by atoms with Gasteiger partial charge in [0.1, 0.15) is 22.8 Å². The molecule has 0 spiro atoms. The van der Waals surface area contributed by atoms with Crippen LogP contribution in [0, 0.1) is 13.8 Å². The van der Waals surface area contributed by atoms with E-state index in [-0.39, 0.29) is 17.1 Å². The first kappa shape index (κ1) is 20.5. The number of benzene rings is 2. The van der Waals surface area contributed by atoms with Crippen molar-refractivity contribution in [2.45, 2.75) is 33.6 Å². The van der Waals surface area contributed by atoms with Gasteiger partial charge in [0.2, 0.25) is 0 Å². The Kier molecular flexibility index (Phi) is 5.42. The van der Waals surface area contributed by atoms with Crippen molar-refractivity contribution in [3.05, 3.63) is 69.8 Å². The summed E-state index contributed by atoms with van der Waals surface area (Å²) >= 11 is 0. The zero-order valence-corrected chi connectivity index (χ0v) is 16.1. The van der Waals surface area contributed by atoms with Crippen molar-refractivity contribution in [3.8, 4) is 33.8 Å². The maximum Gasteiger partial charge on any atom is 0.573 e. The molecule has 4 nitrogen and oxygen atoms in total. The maximum atomic E-state index is 12.4. The van der Waals surface area contributed by atoms with Crippen molar-refractivity contribution in [2.24, 2.45) is 0 Å². The zero-order valence-electron chi connectivity index (χ0n) is 16.1. The first-order valence-corrected chi connectivity index (χ1v) is 8.93. The highest BCUT2D eigenvalue weighted by Crippen LogP contribution is 2.36. The van der Waals surface area contributed by atoms with E-state index < -0.39 is 12.0 Å². The largest absolute Gasteiger partial charge is 0.573 e. The molecule has 3 aromatic rings. The van der Waals surface area contributed by atoms with Gasteiger partial charge < -0.3 is 14.3 Å². The molecule has 1 aromatic heterocycles. The molecule has 0 aliphatic carbocycles. The lowest BCUT2D eigenvalue weighted by Crippen LogP contribution is -2.16. The number of aryl methyl sites for hydroxylation is 3. The highest BCUT2D eigenvalue weighted by atomic mass is 19.4. The molecule has 0 saturated carbocycles. The third-order valence-corrected chi connectivity index (χ3v) is 4.52. The molecule has 3 rings (SSSR count). The number of rotatable bonds is 4. The van der Waals surface area contributed by atoms with Gasteiger partial charge in [0.15, 0.2) is 0 Å². The van der Waals surface area contributed by atoms with E-state index in [2.05, 4.69) is 4.74 Å². The second-order valence-electron chi connectivity index (χ2n) is 6.66. The van der Waals surface area contributed by atoms with Gasteiger partial charge in [-0.3, -0.25) is 0 Å². The maximum absolute atomic E-state index is 12.4. The van der Waals surface area contributed by atoms with Crippen LogP contribution in [0.2, 0.25) is 0 Å². The average Bonchev–Trinajstić information content (AvgIpc) is 2.61. The molecular weight excluding hydrogens is 385 g/mol. The molecule has 152 valence electrons. The third-order valence-electron chi connectivity index (χ3n) is 4.52. The van der Waals surface area contributed by atoms with Crippen LogP contribution in [0.1, 0.15) is 23.8 Å². The molecule has 1 N–H and O–H groups in total.